The van der Waals surface area contributed by atoms with Gasteiger partial charge in [0.2, 0.25) is 5.79 Å². The number of carbonyl (C=O) groups excluding carboxylic acids is 1. The smallest absolute Gasteiger partial charge is 0.410 e. The van der Waals surface area contributed by atoms with Crippen molar-refractivity contribution in [2.75, 3.05) is 34.0 Å². The van der Waals surface area contributed by atoms with Crippen LogP contribution in [0.25, 0.3) is 10.8 Å². The van der Waals surface area contributed by atoms with Gasteiger partial charge in [-0.05, 0) is 115 Å². The van der Waals surface area contributed by atoms with Crippen molar-refractivity contribution in [1.82, 2.24) is 4.90 Å². The van der Waals surface area contributed by atoms with E-state index in [-0.39, 0.29) is 50.5 Å². The third-order valence-corrected chi connectivity index (χ3v) is 12.6. The molecule has 10 nitrogen and oxygen atoms in total. The van der Waals surface area contributed by atoms with E-state index >= 15 is 0 Å². The van der Waals surface area contributed by atoms with E-state index in [1.165, 1.54) is 12.7 Å². The third-order valence-electron chi connectivity index (χ3n) is 12.6. The molecule has 1 fully saturated rings. The van der Waals surface area contributed by atoms with Crippen LogP contribution in [0, 0.1) is 31.6 Å². The van der Waals surface area contributed by atoms with Crippen LogP contribution in [0.2, 0.25) is 0 Å². The van der Waals surface area contributed by atoms with Crippen molar-refractivity contribution in [3.05, 3.63) is 125 Å². The number of methoxy groups -OCH3 is 1. The monoisotopic (exact) mass is 802 g/mol. The number of ether oxygens (including phenoxy) is 4. The maximum Gasteiger partial charge on any atom is 0.410 e. The fourth-order valence-electron chi connectivity index (χ4n) is 9.77. The maximum absolute atomic E-state index is 14.3. The van der Waals surface area contributed by atoms with Gasteiger partial charge in [0.05, 0.1) is 31.9 Å². The van der Waals surface area contributed by atoms with Gasteiger partial charge >= 0.3 is 6.09 Å². The molecule has 2 N–H and O–H groups in total. The van der Waals surface area contributed by atoms with Crippen LogP contribution < -0.4 is 9.47 Å². The second-order valence-corrected chi connectivity index (χ2v) is 16.0. The molecular formula is C49H58N2O8. The average molecular weight is 803 g/mol. The van der Waals surface area contributed by atoms with E-state index in [0.29, 0.717) is 30.1 Å². The van der Waals surface area contributed by atoms with Gasteiger partial charge in [-0.2, -0.15) is 0 Å². The average Bonchev–Trinajstić information content (AvgIpc) is 3.25. The highest BCUT2D eigenvalue weighted by Gasteiger charge is 2.65. The molecule has 1 heterocycles. The second-order valence-electron chi connectivity index (χ2n) is 16.0. The molecule has 312 valence electrons. The number of aryl methyl sites for hydroxylation is 2. The summed E-state index contributed by atoms with van der Waals surface area (Å²) < 4.78 is 26.6. The largest absolute Gasteiger partial charge is 0.459 e. The van der Waals surface area contributed by atoms with Crippen molar-refractivity contribution in [2.45, 2.75) is 83.1 Å². The van der Waals surface area contributed by atoms with Gasteiger partial charge in [-0.15, -0.1) is 6.58 Å². The molecule has 0 bridgehead atoms. The summed E-state index contributed by atoms with van der Waals surface area (Å²) in [5.41, 5.74) is 5.94. The lowest BCUT2D eigenvalue weighted by molar-refractivity contribution is -0.256. The molecule has 1 aliphatic heterocycles. The molecule has 4 aromatic carbocycles. The minimum absolute atomic E-state index is 0.0763. The number of carbonyl (C=O) groups is 1. The lowest BCUT2D eigenvalue weighted by Crippen LogP contribution is -2.70. The molecule has 2 aliphatic carbocycles. The quantitative estimate of drug-likeness (QED) is 0.0616. The summed E-state index contributed by atoms with van der Waals surface area (Å²) in [6.07, 6.45) is 8.50. The van der Waals surface area contributed by atoms with E-state index in [1.807, 2.05) is 48.5 Å². The van der Waals surface area contributed by atoms with Crippen LogP contribution in [0.3, 0.4) is 0 Å². The Morgan fingerprint density at radius 2 is 1.68 bits per heavy atom. The van der Waals surface area contributed by atoms with E-state index < -0.39 is 23.8 Å². The highest BCUT2D eigenvalue weighted by Crippen LogP contribution is 2.62. The Morgan fingerprint density at radius 1 is 0.932 bits per heavy atom. The zero-order valence-electron chi connectivity index (χ0n) is 34.8. The van der Waals surface area contributed by atoms with E-state index in [9.17, 15) is 15.0 Å². The highest BCUT2D eigenvalue weighted by atomic mass is 16.7. The SMILES string of the molecule is C=CCO[C@@]12Oc3ccc(Oc4ccc(C)c(C)c4)cc3[C@H]3[C@H](CCCCO)[C@@H](CCCCO)C=C(C(=NOC)C[C@@H]1N(Cc1cccc4ccccc14)C(=O)OC)[C@H]32. The minimum Gasteiger partial charge on any atom is -0.459 e. The van der Waals surface area contributed by atoms with Gasteiger partial charge in [-0.1, -0.05) is 78.7 Å². The molecule has 0 aromatic heterocycles. The fraction of sp³-hybridized carbons (Fsp3) is 0.429. The summed E-state index contributed by atoms with van der Waals surface area (Å²) in [4.78, 5) is 21.7. The molecular weight excluding hydrogens is 745 g/mol. The first-order chi connectivity index (χ1) is 28.8. The number of unbranched alkanes of at least 4 members (excludes halogenated alkanes) is 2. The van der Waals surface area contributed by atoms with E-state index in [1.54, 1.807) is 18.1 Å². The summed E-state index contributed by atoms with van der Waals surface area (Å²) in [6, 6.07) is 25.6. The highest BCUT2D eigenvalue weighted by molar-refractivity contribution is 6.03. The molecule has 1 saturated carbocycles. The Morgan fingerprint density at radius 3 is 2.42 bits per heavy atom. The number of allylic oxidation sites excluding steroid dienone is 1. The van der Waals surface area contributed by atoms with Gasteiger partial charge in [0.25, 0.3) is 0 Å². The van der Waals surface area contributed by atoms with Crippen molar-refractivity contribution in [3.8, 4) is 17.2 Å². The Kier molecular flexibility index (Phi) is 13.4. The van der Waals surface area contributed by atoms with Crippen molar-refractivity contribution >= 4 is 22.6 Å². The number of amides is 1. The zero-order valence-corrected chi connectivity index (χ0v) is 34.8. The van der Waals surface area contributed by atoms with Gasteiger partial charge in [-0.25, -0.2) is 4.79 Å². The van der Waals surface area contributed by atoms with Crippen LogP contribution in [0.1, 0.15) is 73.1 Å². The predicted octanol–water partition coefficient (Wildman–Crippen LogP) is 9.78. The van der Waals surface area contributed by atoms with Crippen molar-refractivity contribution < 1.29 is 38.8 Å². The molecule has 1 amide bonds. The van der Waals surface area contributed by atoms with Crippen LogP contribution in [0.4, 0.5) is 4.79 Å². The van der Waals surface area contributed by atoms with E-state index in [2.05, 4.69) is 56.8 Å². The number of nitrogens with zero attached hydrogens (tertiary/aromatic N) is 2. The number of rotatable bonds is 17. The Hall–Kier alpha value is -5.16. The first kappa shape index (κ1) is 42.0. The van der Waals surface area contributed by atoms with Crippen molar-refractivity contribution in [3.63, 3.8) is 0 Å². The standard InChI is InChI=1S/C49H58N2O8/c1-6-26-57-49-45(51(48(54)55-4)31-36-17-13-16-34-14-7-8-18-39(34)36)30-43(50-56-5)41-28-35(15-9-11-24-52)40(19-10-12-25-53)46(47(41)49)42-29-38(22-23-44(42)59-49)58-37-21-20-32(2)33(3)27-37/h6-8,13-14,16-18,20-23,27-29,35,40,45-47,52-53H,1,9-12,15,19,24-26,30-31H2,2-5H3/t35-,40+,45-,46+,47+,49+/m0/s1. The third kappa shape index (κ3) is 8.49. The first-order valence-electron chi connectivity index (χ1n) is 20.9. The summed E-state index contributed by atoms with van der Waals surface area (Å²) in [5.74, 6) is 0.208. The number of benzene rings is 4. The maximum atomic E-state index is 14.3. The Bertz CT molecular complexity index is 2180. The predicted molar refractivity (Wildman–Crippen MR) is 230 cm³/mol. The van der Waals surface area contributed by atoms with Crippen LogP contribution in [0.5, 0.6) is 17.2 Å². The van der Waals surface area contributed by atoms with Gasteiger partial charge in [0, 0.05) is 31.1 Å². The number of hydrogen-bond donors (Lipinski definition) is 2. The molecule has 4 aromatic rings. The van der Waals surface area contributed by atoms with Gasteiger partial charge in [0.15, 0.2) is 0 Å². The zero-order chi connectivity index (χ0) is 41.5. The molecule has 7 rings (SSSR count). The van der Waals surface area contributed by atoms with Crippen LogP contribution in [-0.4, -0.2) is 72.8 Å². The lowest BCUT2D eigenvalue weighted by atomic mass is 9.55. The summed E-state index contributed by atoms with van der Waals surface area (Å²) in [7, 11) is 2.95. The number of aliphatic hydroxyl groups is 2. The molecule has 0 radical (unpaired) electrons. The summed E-state index contributed by atoms with van der Waals surface area (Å²) in [6.45, 7) is 8.80. The Balaban J connectivity index is 1.45. The number of aliphatic hydroxyl groups excluding tert-OH is 2. The molecule has 0 unspecified atom stereocenters. The number of oxime groups is 1. The topological polar surface area (TPSA) is 119 Å². The van der Waals surface area contributed by atoms with E-state index in [0.717, 1.165) is 64.5 Å². The van der Waals surface area contributed by atoms with Crippen LogP contribution in [0.15, 0.2) is 108 Å². The van der Waals surface area contributed by atoms with Crippen molar-refractivity contribution in [2.24, 2.45) is 22.9 Å². The molecule has 0 saturated heterocycles. The Labute approximate surface area is 348 Å². The van der Waals surface area contributed by atoms with Crippen molar-refractivity contribution in [1.29, 1.82) is 0 Å². The van der Waals surface area contributed by atoms with Gasteiger partial charge < -0.3 is 34.0 Å². The normalized spacial score (nSPS) is 23.7. The molecule has 59 heavy (non-hydrogen) atoms. The summed E-state index contributed by atoms with van der Waals surface area (Å²) in [5, 5.41) is 26.6. The van der Waals surface area contributed by atoms with Crippen LogP contribution in [-0.2, 0) is 20.9 Å². The molecule has 10 heteroatoms. The van der Waals surface area contributed by atoms with Crippen LogP contribution >= 0.6 is 0 Å². The lowest BCUT2D eigenvalue weighted by Gasteiger charge is -2.59. The number of hydrogen-bond acceptors (Lipinski definition) is 9. The minimum atomic E-state index is -1.41. The number of fused-ring (bicyclic) bond motifs is 3. The van der Waals surface area contributed by atoms with Gasteiger partial charge in [-0.3, -0.25) is 4.90 Å². The summed E-state index contributed by atoms with van der Waals surface area (Å²) >= 11 is 0. The van der Waals surface area contributed by atoms with E-state index in [4.69, 9.17) is 28.9 Å². The molecule has 6 atom stereocenters. The molecule has 3 aliphatic rings. The second kappa shape index (κ2) is 18.8. The molecule has 0 spiro atoms. The fourth-order valence-corrected chi connectivity index (χ4v) is 9.77. The van der Waals surface area contributed by atoms with Gasteiger partial charge in [0.1, 0.15) is 30.4 Å². The first-order valence-corrected chi connectivity index (χ1v) is 20.9.